The van der Waals surface area contributed by atoms with Gasteiger partial charge in [0.25, 0.3) is 0 Å². The van der Waals surface area contributed by atoms with Crippen molar-refractivity contribution in [1.82, 2.24) is 5.06 Å². The number of unbranched alkanes of at least 4 members (excludes halogenated alkanes) is 2. The molecule has 3 N–H and O–H groups in total. The topological polar surface area (TPSA) is 75.8 Å². The molecule has 20 heavy (non-hydrogen) atoms. The van der Waals surface area contributed by atoms with Gasteiger partial charge in [0.05, 0.1) is 6.61 Å². The van der Waals surface area contributed by atoms with Crippen LogP contribution in [-0.2, 0) is 9.63 Å². The Kier molecular flexibility index (Phi) is 10.3. The maximum atomic E-state index is 11.9. The maximum Gasteiger partial charge on any atom is 0.326 e. The Morgan fingerprint density at radius 1 is 1.35 bits per heavy atom. The fourth-order valence-electron chi connectivity index (χ4n) is 2.38. The van der Waals surface area contributed by atoms with Crippen LogP contribution < -0.4 is 5.73 Å². The molecular formula is C15H30N2O3. The third-order valence-electron chi connectivity index (χ3n) is 3.44. The number of hydrogen-bond donors (Lipinski definition) is 2. The van der Waals surface area contributed by atoms with E-state index in [0.29, 0.717) is 39.0 Å². The first kappa shape index (κ1) is 19.1. The van der Waals surface area contributed by atoms with Gasteiger partial charge in [-0.1, -0.05) is 32.3 Å². The molecule has 1 unspecified atom stereocenters. The highest BCUT2D eigenvalue weighted by molar-refractivity contribution is 5.78. The van der Waals surface area contributed by atoms with Gasteiger partial charge >= 0.3 is 5.97 Å². The third-order valence-corrected chi connectivity index (χ3v) is 3.44. The number of hydrogen-bond acceptors (Lipinski definition) is 4. The normalized spacial score (nSPS) is 14.2. The molecule has 0 amide bonds. The van der Waals surface area contributed by atoms with E-state index in [4.69, 9.17) is 10.6 Å². The van der Waals surface area contributed by atoms with E-state index in [1.807, 2.05) is 6.92 Å². The molecule has 0 aliphatic heterocycles. The van der Waals surface area contributed by atoms with Crippen molar-refractivity contribution >= 4 is 5.97 Å². The molecule has 0 aromatic carbocycles. The van der Waals surface area contributed by atoms with Crippen molar-refractivity contribution in [3.8, 4) is 0 Å². The molecule has 5 nitrogen and oxygen atoms in total. The van der Waals surface area contributed by atoms with Crippen LogP contribution in [0.25, 0.3) is 0 Å². The lowest BCUT2D eigenvalue weighted by Crippen LogP contribution is -2.55. The number of hydroxylamine groups is 2. The summed E-state index contributed by atoms with van der Waals surface area (Å²) >= 11 is 0. The Bertz CT molecular complexity index is 284. The molecule has 1 atom stereocenters. The smallest absolute Gasteiger partial charge is 0.326 e. The second kappa shape index (κ2) is 10.8. The van der Waals surface area contributed by atoms with Gasteiger partial charge in [-0.2, -0.15) is 5.06 Å². The quantitative estimate of drug-likeness (QED) is 0.309. The van der Waals surface area contributed by atoms with Gasteiger partial charge in [-0.3, -0.25) is 9.63 Å². The fraction of sp³-hybridized carbons (Fsp3) is 0.800. The Morgan fingerprint density at radius 2 is 2.00 bits per heavy atom. The van der Waals surface area contributed by atoms with Crippen molar-refractivity contribution in [2.75, 3.05) is 19.7 Å². The van der Waals surface area contributed by atoms with Crippen LogP contribution in [0, 0.1) is 0 Å². The molecule has 118 valence electrons. The zero-order valence-electron chi connectivity index (χ0n) is 12.9. The van der Waals surface area contributed by atoms with Gasteiger partial charge < -0.3 is 10.8 Å². The standard InChI is InChI=1S/C15H30N2O3/c1-4-7-8-10-15(14(18)19,11-9-12-16)17(13-5-2)20-6-3/h5H,2,4,6-13,16H2,1,3H3,(H,18,19). The SMILES string of the molecule is C=CCN(OCC)C(CCCN)(CCCCC)C(=O)O. The molecule has 0 bridgehead atoms. The van der Waals surface area contributed by atoms with E-state index in [2.05, 4.69) is 13.5 Å². The molecule has 0 fully saturated rings. The zero-order valence-corrected chi connectivity index (χ0v) is 12.9. The highest BCUT2D eigenvalue weighted by Gasteiger charge is 2.43. The number of carboxylic acids is 1. The van der Waals surface area contributed by atoms with Gasteiger partial charge in [-0.15, -0.1) is 6.58 Å². The van der Waals surface area contributed by atoms with Gasteiger partial charge in [0, 0.05) is 6.54 Å². The monoisotopic (exact) mass is 286 g/mol. The Morgan fingerprint density at radius 3 is 2.45 bits per heavy atom. The number of rotatable bonds is 13. The molecule has 0 aliphatic rings. The largest absolute Gasteiger partial charge is 0.480 e. The van der Waals surface area contributed by atoms with Crippen LogP contribution in [0.2, 0.25) is 0 Å². The Labute approximate surface area is 122 Å². The van der Waals surface area contributed by atoms with Crippen LogP contribution in [0.3, 0.4) is 0 Å². The van der Waals surface area contributed by atoms with E-state index in [0.717, 1.165) is 19.3 Å². The predicted molar refractivity (Wildman–Crippen MR) is 81.3 cm³/mol. The highest BCUT2D eigenvalue weighted by atomic mass is 16.7. The summed E-state index contributed by atoms with van der Waals surface area (Å²) < 4.78 is 0. The van der Waals surface area contributed by atoms with Crippen LogP contribution in [0.4, 0.5) is 0 Å². The highest BCUT2D eigenvalue weighted by Crippen LogP contribution is 2.29. The van der Waals surface area contributed by atoms with Crippen molar-refractivity contribution in [1.29, 1.82) is 0 Å². The predicted octanol–water partition coefficient (Wildman–Crippen LogP) is 2.57. The van der Waals surface area contributed by atoms with E-state index >= 15 is 0 Å². The molecule has 0 saturated carbocycles. The first-order valence-corrected chi connectivity index (χ1v) is 7.53. The van der Waals surface area contributed by atoms with Crippen molar-refractivity contribution < 1.29 is 14.7 Å². The molecule has 0 rings (SSSR count). The Hall–Kier alpha value is -0.910. The van der Waals surface area contributed by atoms with Gasteiger partial charge in [0.15, 0.2) is 0 Å². The molecular weight excluding hydrogens is 256 g/mol. The summed E-state index contributed by atoms with van der Waals surface area (Å²) in [6.07, 6.45) is 6.36. The van der Waals surface area contributed by atoms with Crippen molar-refractivity contribution in [2.45, 2.75) is 57.9 Å². The second-order valence-electron chi connectivity index (χ2n) is 4.95. The van der Waals surface area contributed by atoms with Gasteiger partial charge in [0.1, 0.15) is 5.54 Å². The fourth-order valence-corrected chi connectivity index (χ4v) is 2.38. The lowest BCUT2D eigenvalue weighted by Gasteiger charge is -2.39. The summed E-state index contributed by atoms with van der Waals surface area (Å²) in [5, 5.41) is 11.4. The molecule has 5 heteroatoms. The van der Waals surface area contributed by atoms with E-state index in [-0.39, 0.29) is 0 Å². The minimum atomic E-state index is -1.00. The maximum absolute atomic E-state index is 11.9. The van der Waals surface area contributed by atoms with Crippen molar-refractivity contribution in [2.24, 2.45) is 5.73 Å². The number of nitrogens with two attached hydrogens (primary N) is 1. The van der Waals surface area contributed by atoms with E-state index in [1.165, 1.54) is 0 Å². The molecule has 0 aliphatic carbocycles. The van der Waals surface area contributed by atoms with Crippen LogP contribution in [0.15, 0.2) is 12.7 Å². The third kappa shape index (κ3) is 5.61. The summed E-state index contributed by atoms with van der Waals surface area (Å²) in [6.45, 7) is 8.98. The first-order chi connectivity index (χ1) is 9.58. The van der Waals surface area contributed by atoms with Crippen LogP contribution >= 0.6 is 0 Å². The molecule has 0 saturated heterocycles. The average molecular weight is 286 g/mol. The summed E-state index contributed by atoms with van der Waals surface area (Å²) in [5.74, 6) is -0.836. The van der Waals surface area contributed by atoms with Crippen molar-refractivity contribution in [3.63, 3.8) is 0 Å². The molecule has 0 aromatic heterocycles. The number of aliphatic carboxylic acids is 1. The summed E-state index contributed by atoms with van der Waals surface area (Å²) in [6, 6.07) is 0. The van der Waals surface area contributed by atoms with Gasteiger partial charge in [-0.05, 0) is 32.7 Å². The lowest BCUT2D eigenvalue weighted by atomic mass is 9.86. The molecule has 0 radical (unpaired) electrons. The average Bonchev–Trinajstić information content (AvgIpc) is 2.42. The van der Waals surface area contributed by atoms with E-state index in [9.17, 15) is 9.90 Å². The summed E-state index contributed by atoms with van der Waals surface area (Å²) in [4.78, 5) is 17.5. The van der Waals surface area contributed by atoms with Crippen LogP contribution in [0.1, 0.15) is 52.4 Å². The van der Waals surface area contributed by atoms with Crippen molar-refractivity contribution in [3.05, 3.63) is 12.7 Å². The molecule has 0 heterocycles. The summed E-state index contributed by atoms with van der Waals surface area (Å²) in [5.41, 5.74) is 4.57. The van der Waals surface area contributed by atoms with E-state index < -0.39 is 11.5 Å². The first-order valence-electron chi connectivity index (χ1n) is 7.53. The lowest BCUT2D eigenvalue weighted by molar-refractivity contribution is -0.226. The number of nitrogens with zero attached hydrogens (tertiary/aromatic N) is 1. The Balaban J connectivity index is 5.18. The van der Waals surface area contributed by atoms with Gasteiger partial charge in [-0.25, -0.2) is 0 Å². The van der Waals surface area contributed by atoms with Gasteiger partial charge in [0.2, 0.25) is 0 Å². The minimum absolute atomic E-state index is 0.400. The van der Waals surface area contributed by atoms with Crippen LogP contribution in [0.5, 0.6) is 0 Å². The van der Waals surface area contributed by atoms with E-state index in [1.54, 1.807) is 11.1 Å². The summed E-state index contributed by atoms with van der Waals surface area (Å²) in [7, 11) is 0. The zero-order chi connectivity index (χ0) is 15.4. The molecule has 0 spiro atoms. The minimum Gasteiger partial charge on any atom is -0.480 e. The number of carboxylic acid groups (broad SMARTS) is 1. The van der Waals surface area contributed by atoms with Crippen LogP contribution in [-0.4, -0.2) is 41.4 Å². The molecule has 0 aromatic rings. The number of carbonyl (C=O) groups is 1. The second-order valence-corrected chi connectivity index (χ2v) is 4.95.